The number of alkyl carbamates (subject to hydrolysis) is 1. The number of benzene rings is 1. The molecular formula is C11H13Cl2NO3. The van der Waals surface area contributed by atoms with Crippen LogP contribution in [-0.4, -0.2) is 26.9 Å². The molecule has 0 saturated carbocycles. The van der Waals surface area contributed by atoms with E-state index < -0.39 is 6.09 Å². The lowest BCUT2D eigenvalue weighted by molar-refractivity contribution is 0.171. The van der Waals surface area contributed by atoms with Crippen LogP contribution in [0.2, 0.25) is 10.0 Å². The first-order valence-corrected chi connectivity index (χ1v) is 5.68. The lowest BCUT2D eigenvalue weighted by Gasteiger charge is -2.11. The fraction of sp³-hybridized carbons (Fsp3) is 0.364. The lowest BCUT2D eigenvalue weighted by Crippen LogP contribution is -2.25. The van der Waals surface area contributed by atoms with E-state index in [1.807, 2.05) is 0 Å². The van der Waals surface area contributed by atoms with Gasteiger partial charge in [-0.1, -0.05) is 23.2 Å². The van der Waals surface area contributed by atoms with Crippen LogP contribution in [0.15, 0.2) is 12.1 Å². The van der Waals surface area contributed by atoms with Gasteiger partial charge < -0.3 is 14.8 Å². The zero-order chi connectivity index (χ0) is 12.8. The molecule has 4 nitrogen and oxygen atoms in total. The zero-order valence-electron chi connectivity index (χ0n) is 9.55. The Balaban J connectivity index is 2.73. The van der Waals surface area contributed by atoms with Crippen LogP contribution in [0.25, 0.3) is 0 Å². The largest absolute Gasteiger partial charge is 0.495 e. The Hall–Kier alpha value is -1.13. The van der Waals surface area contributed by atoms with Gasteiger partial charge in [-0.15, -0.1) is 0 Å². The summed E-state index contributed by atoms with van der Waals surface area (Å²) in [5.41, 5.74) is 0.740. The van der Waals surface area contributed by atoms with Gasteiger partial charge in [-0.2, -0.15) is 0 Å². The number of amides is 1. The number of nitrogens with one attached hydrogen (secondary N) is 1. The molecule has 1 rings (SSSR count). The third kappa shape index (κ3) is 3.68. The molecule has 1 N–H and O–H groups in total. The van der Waals surface area contributed by atoms with E-state index in [0.29, 0.717) is 28.8 Å². The highest BCUT2D eigenvalue weighted by Crippen LogP contribution is 2.33. The van der Waals surface area contributed by atoms with Crippen molar-refractivity contribution < 1.29 is 14.3 Å². The molecule has 0 bridgehead atoms. The molecule has 0 fully saturated rings. The summed E-state index contributed by atoms with van der Waals surface area (Å²) in [7, 11) is 2.84. The third-order valence-electron chi connectivity index (χ3n) is 2.20. The molecule has 0 heterocycles. The summed E-state index contributed by atoms with van der Waals surface area (Å²) in [6.07, 6.45) is 0.0180. The maximum Gasteiger partial charge on any atom is 0.406 e. The van der Waals surface area contributed by atoms with Crippen molar-refractivity contribution >= 4 is 29.3 Å². The first-order valence-electron chi connectivity index (χ1n) is 4.92. The summed E-state index contributed by atoms with van der Waals surface area (Å²) in [6, 6.07) is 3.40. The van der Waals surface area contributed by atoms with E-state index in [4.69, 9.17) is 27.9 Å². The van der Waals surface area contributed by atoms with Gasteiger partial charge in [0.15, 0.2) is 0 Å². The van der Waals surface area contributed by atoms with Crippen LogP contribution in [-0.2, 0) is 11.2 Å². The van der Waals surface area contributed by atoms with Crippen molar-refractivity contribution in [3.05, 3.63) is 27.7 Å². The minimum absolute atomic E-state index is 0.388. The van der Waals surface area contributed by atoms with Crippen LogP contribution in [0.5, 0.6) is 5.75 Å². The predicted molar refractivity (Wildman–Crippen MR) is 67.1 cm³/mol. The topological polar surface area (TPSA) is 47.6 Å². The molecule has 0 unspecified atom stereocenters. The number of rotatable bonds is 4. The summed E-state index contributed by atoms with van der Waals surface area (Å²) in [6.45, 7) is 0.388. The van der Waals surface area contributed by atoms with Gasteiger partial charge in [0, 0.05) is 11.6 Å². The minimum Gasteiger partial charge on any atom is -0.495 e. The second-order valence-corrected chi connectivity index (χ2v) is 4.00. The summed E-state index contributed by atoms with van der Waals surface area (Å²) < 4.78 is 9.54. The molecule has 0 spiro atoms. The molecule has 6 heteroatoms. The maximum absolute atomic E-state index is 10.9. The Bertz CT molecular complexity index is 410. The van der Waals surface area contributed by atoms with Crippen LogP contribution in [0.3, 0.4) is 0 Å². The highest BCUT2D eigenvalue weighted by Gasteiger charge is 2.11. The highest BCUT2D eigenvalue weighted by molar-refractivity contribution is 6.36. The molecule has 1 aromatic rings. The fourth-order valence-electron chi connectivity index (χ4n) is 1.32. The van der Waals surface area contributed by atoms with E-state index in [-0.39, 0.29) is 0 Å². The molecule has 1 aromatic carbocycles. The molecule has 1 amide bonds. The molecule has 0 atom stereocenters. The van der Waals surface area contributed by atoms with Crippen molar-refractivity contribution in [2.75, 3.05) is 20.8 Å². The third-order valence-corrected chi connectivity index (χ3v) is 2.97. The van der Waals surface area contributed by atoms with Crippen LogP contribution >= 0.6 is 23.2 Å². The Morgan fingerprint density at radius 1 is 1.35 bits per heavy atom. The number of hydrogen-bond donors (Lipinski definition) is 1. The SMILES string of the molecule is COC(=O)NCCc1c(Cl)ccc(OC)c1Cl. The van der Waals surface area contributed by atoms with Crippen molar-refractivity contribution in [1.29, 1.82) is 0 Å². The van der Waals surface area contributed by atoms with Gasteiger partial charge in [0.25, 0.3) is 0 Å². The Morgan fingerprint density at radius 3 is 2.65 bits per heavy atom. The molecule has 0 aliphatic heterocycles. The summed E-state index contributed by atoms with van der Waals surface area (Å²) in [5.74, 6) is 0.559. The van der Waals surface area contributed by atoms with Gasteiger partial charge in [0.2, 0.25) is 0 Å². The van der Waals surface area contributed by atoms with Crippen molar-refractivity contribution in [2.24, 2.45) is 0 Å². The Labute approximate surface area is 110 Å². The van der Waals surface area contributed by atoms with Crippen molar-refractivity contribution in [3.63, 3.8) is 0 Å². The van der Waals surface area contributed by atoms with Gasteiger partial charge in [0.1, 0.15) is 5.75 Å². The van der Waals surface area contributed by atoms with Crippen LogP contribution in [0.1, 0.15) is 5.56 Å². The highest BCUT2D eigenvalue weighted by atomic mass is 35.5. The predicted octanol–water partition coefficient (Wildman–Crippen LogP) is 2.90. The molecule has 0 aliphatic carbocycles. The average Bonchev–Trinajstić information content (AvgIpc) is 2.33. The Kier molecular flexibility index (Phi) is 5.38. The minimum atomic E-state index is -0.486. The van der Waals surface area contributed by atoms with Crippen molar-refractivity contribution in [3.8, 4) is 5.75 Å². The van der Waals surface area contributed by atoms with Crippen molar-refractivity contribution in [2.45, 2.75) is 6.42 Å². The lowest BCUT2D eigenvalue weighted by atomic mass is 10.1. The molecule has 0 radical (unpaired) electrons. The number of ether oxygens (including phenoxy) is 2. The molecule has 94 valence electrons. The quantitative estimate of drug-likeness (QED) is 0.921. The molecule has 0 aliphatic rings. The normalized spacial score (nSPS) is 9.88. The molecular weight excluding hydrogens is 265 g/mol. The number of carbonyl (C=O) groups excluding carboxylic acids is 1. The second kappa shape index (κ2) is 6.57. The van der Waals surface area contributed by atoms with Gasteiger partial charge in [-0.05, 0) is 24.1 Å². The van der Waals surface area contributed by atoms with Gasteiger partial charge in [-0.25, -0.2) is 4.79 Å². The molecule has 0 saturated heterocycles. The van der Waals surface area contributed by atoms with E-state index in [9.17, 15) is 4.79 Å². The van der Waals surface area contributed by atoms with E-state index in [1.165, 1.54) is 14.2 Å². The van der Waals surface area contributed by atoms with Gasteiger partial charge in [0.05, 0.1) is 19.2 Å². The smallest absolute Gasteiger partial charge is 0.406 e. The van der Waals surface area contributed by atoms with E-state index in [1.54, 1.807) is 12.1 Å². The summed E-state index contributed by atoms with van der Waals surface area (Å²) in [5, 5.41) is 3.56. The maximum atomic E-state index is 10.9. The zero-order valence-corrected chi connectivity index (χ0v) is 11.1. The van der Waals surface area contributed by atoms with Crippen molar-refractivity contribution in [1.82, 2.24) is 5.32 Å². The van der Waals surface area contributed by atoms with Crippen LogP contribution in [0.4, 0.5) is 4.79 Å². The number of methoxy groups -OCH3 is 2. The van der Waals surface area contributed by atoms with E-state index in [0.717, 1.165) is 5.56 Å². The van der Waals surface area contributed by atoms with Gasteiger partial charge in [-0.3, -0.25) is 0 Å². The number of halogens is 2. The Morgan fingerprint density at radius 2 is 2.06 bits per heavy atom. The molecule has 0 aromatic heterocycles. The van der Waals surface area contributed by atoms with E-state index >= 15 is 0 Å². The standard InChI is InChI=1S/C11H13Cl2NO3/c1-16-9-4-3-8(12)7(10(9)13)5-6-14-11(15)17-2/h3-4H,5-6H2,1-2H3,(H,14,15). The van der Waals surface area contributed by atoms with Gasteiger partial charge >= 0.3 is 6.09 Å². The summed E-state index contributed by atoms with van der Waals surface area (Å²) in [4.78, 5) is 10.9. The fourth-order valence-corrected chi connectivity index (χ4v) is 1.96. The van der Waals surface area contributed by atoms with E-state index in [2.05, 4.69) is 10.1 Å². The second-order valence-electron chi connectivity index (χ2n) is 3.21. The number of hydrogen-bond acceptors (Lipinski definition) is 3. The summed E-state index contributed by atoms with van der Waals surface area (Å²) >= 11 is 12.1. The first-order chi connectivity index (χ1) is 8.10. The monoisotopic (exact) mass is 277 g/mol. The first kappa shape index (κ1) is 13.9. The average molecular weight is 278 g/mol. The molecule has 17 heavy (non-hydrogen) atoms. The van der Waals surface area contributed by atoms with Crippen LogP contribution in [0, 0.1) is 0 Å². The number of carbonyl (C=O) groups is 1. The van der Waals surface area contributed by atoms with Crippen LogP contribution < -0.4 is 10.1 Å².